The molecule has 1 aliphatic carbocycles. The maximum Gasteiger partial charge on any atom is 0.380 e. The fraction of sp³-hybridized carbons (Fsp3) is 0.250. The molecule has 3 nitrogen and oxygen atoms in total. The van der Waals surface area contributed by atoms with E-state index in [1.165, 1.54) is 11.4 Å². The van der Waals surface area contributed by atoms with Gasteiger partial charge in [0, 0.05) is 5.56 Å². The fourth-order valence-corrected chi connectivity index (χ4v) is 5.13. The Labute approximate surface area is 180 Å². The Balaban J connectivity index is 2.06. The number of thiazole rings is 1. The van der Waals surface area contributed by atoms with Crippen LogP contribution in [0.25, 0.3) is 21.7 Å². The SMILES string of the molecule is COc1ccsc1C1=C(c2nc(-c3ccccc3)sc2OC)C(F)(F)C(F)(F)C1(F)F. The van der Waals surface area contributed by atoms with Crippen LogP contribution in [0.4, 0.5) is 26.3 Å². The number of nitrogens with zero attached hydrogens (tertiary/aromatic N) is 1. The molecule has 0 amide bonds. The van der Waals surface area contributed by atoms with Gasteiger partial charge in [0.15, 0.2) is 0 Å². The van der Waals surface area contributed by atoms with E-state index < -0.39 is 39.5 Å². The molecule has 1 aliphatic rings. The normalized spacial score (nSPS) is 19.0. The minimum atomic E-state index is -5.68. The summed E-state index contributed by atoms with van der Waals surface area (Å²) in [4.78, 5) is 3.51. The summed E-state index contributed by atoms with van der Waals surface area (Å²) in [5.74, 6) is -16.3. The Morgan fingerprint density at radius 1 is 0.839 bits per heavy atom. The van der Waals surface area contributed by atoms with Gasteiger partial charge in [0.05, 0.1) is 30.2 Å². The van der Waals surface area contributed by atoms with Crippen LogP contribution in [0.1, 0.15) is 10.6 Å². The Bertz CT molecular complexity index is 1150. The summed E-state index contributed by atoms with van der Waals surface area (Å²) >= 11 is 1.39. The summed E-state index contributed by atoms with van der Waals surface area (Å²) in [5.41, 5.74) is -3.34. The molecule has 0 fully saturated rings. The van der Waals surface area contributed by atoms with Crippen molar-refractivity contribution in [3.63, 3.8) is 0 Å². The Hall–Kier alpha value is -2.53. The van der Waals surface area contributed by atoms with E-state index in [2.05, 4.69) is 4.98 Å². The monoisotopic (exact) mass is 477 g/mol. The molecular weight excluding hydrogens is 464 g/mol. The van der Waals surface area contributed by atoms with Crippen molar-refractivity contribution in [2.24, 2.45) is 0 Å². The van der Waals surface area contributed by atoms with Crippen LogP contribution in [-0.4, -0.2) is 37.0 Å². The molecule has 2 aromatic heterocycles. The van der Waals surface area contributed by atoms with Crippen molar-refractivity contribution in [3.05, 3.63) is 52.3 Å². The van der Waals surface area contributed by atoms with Crippen LogP contribution >= 0.6 is 22.7 Å². The average Bonchev–Trinajstić information content (AvgIpc) is 3.40. The maximum atomic E-state index is 15.0. The lowest BCUT2D eigenvalue weighted by Gasteiger charge is -2.25. The van der Waals surface area contributed by atoms with Crippen molar-refractivity contribution in [1.82, 2.24) is 4.98 Å². The predicted octanol–water partition coefficient (Wildman–Crippen LogP) is 6.72. The van der Waals surface area contributed by atoms with Gasteiger partial charge in [-0.15, -0.1) is 11.3 Å². The van der Waals surface area contributed by atoms with Gasteiger partial charge >= 0.3 is 17.8 Å². The lowest BCUT2D eigenvalue weighted by Crippen LogP contribution is -2.48. The standard InChI is InChI=1S/C20H13F6NO2S2/c1-28-11-8-9-30-15(11)13-12(18(21,22)20(25,26)19(13,23)24)14-17(29-2)31-16(27-14)10-6-4-3-5-7-10/h3-9H,1-2H3. The van der Waals surface area contributed by atoms with Gasteiger partial charge in [0.1, 0.15) is 16.5 Å². The second kappa shape index (κ2) is 7.27. The summed E-state index contributed by atoms with van der Waals surface area (Å²) in [5, 5.41) is 1.17. The minimum Gasteiger partial charge on any atom is -0.495 e. The molecule has 31 heavy (non-hydrogen) atoms. The molecule has 0 aliphatic heterocycles. The number of benzene rings is 1. The Morgan fingerprint density at radius 3 is 2.10 bits per heavy atom. The predicted molar refractivity (Wildman–Crippen MR) is 107 cm³/mol. The Kier molecular flexibility index (Phi) is 5.08. The molecule has 0 N–H and O–H groups in total. The number of ether oxygens (including phenoxy) is 2. The number of methoxy groups -OCH3 is 2. The number of alkyl halides is 6. The molecule has 1 aromatic carbocycles. The van der Waals surface area contributed by atoms with E-state index in [1.54, 1.807) is 30.3 Å². The van der Waals surface area contributed by atoms with Crippen LogP contribution in [0.2, 0.25) is 0 Å². The first-order valence-electron chi connectivity index (χ1n) is 8.69. The van der Waals surface area contributed by atoms with E-state index >= 15 is 0 Å². The van der Waals surface area contributed by atoms with Gasteiger partial charge in [-0.05, 0) is 11.4 Å². The molecule has 0 radical (unpaired) electrons. The highest BCUT2D eigenvalue weighted by molar-refractivity contribution is 7.17. The van der Waals surface area contributed by atoms with E-state index in [4.69, 9.17) is 9.47 Å². The third kappa shape index (κ3) is 2.97. The summed E-state index contributed by atoms with van der Waals surface area (Å²) in [6, 6.07) is 9.52. The van der Waals surface area contributed by atoms with E-state index in [-0.39, 0.29) is 15.8 Å². The minimum absolute atomic E-state index is 0.159. The molecule has 0 saturated carbocycles. The first-order chi connectivity index (χ1) is 14.6. The van der Waals surface area contributed by atoms with Gasteiger partial charge in [-0.2, -0.15) is 26.3 Å². The number of rotatable bonds is 5. The van der Waals surface area contributed by atoms with Crippen LogP contribution in [0.5, 0.6) is 10.8 Å². The molecule has 0 atom stereocenters. The van der Waals surface area contributed by atoms with Crippen LogP contribution in [0, 0.1) is 0 Å². The average molecular weight is 477 g/mol. The maximum absolute atomic E-state index is 15.0. The van der Waals surface area contributed by atoms with Gasteiger partial charge < -0.3 is 9.47 Å². The van der Waals surface area contributed by atoms with Gasteiger partial charge in [0.25, 0.3) is 0 Å². The number of aromatic nitrogens is 1. The smallest absolute Gasteiger partial charge is 0.380 e. The largest absolute Gasteiger partial charge is 0.495 e. The molecule has 164 valence electrons. The van der Waals surface area contributed by atoms with Crippen molar-refractivity contribution in [1.29, 1.82) is 0 Å². The van der Waals surface area contributed by atoms with Crippen molar-refractivity contribution in [2.75, 3.05) is 14.2 Å². The van der Waals surface area contributed by atoms with Gasteiger partial charge in [-0.1, -0.05) is 41.7 Å². The third-order valence-corrected chi connectivity index (χ3v) is 6.76. The topological polar surface area (TPSA) is 31.4 Å². The molecule has 11 heteroatoms. The molecular formula is C20H13F6NO2S2. The molecule has 3 aromatic rings. The van der Waals surface area contributed by atoms with Crippen molar-refractivity contribution in [3.8, 4) is 21.4 Å². The summed E-state index contributed by atoms with van der Waals surface area (Å²) in [6.07, 6.45) is 0. The van der Waals surface area contributed by atoms with Crippen LogP contribution in [0.15, 0.2) is 41.8 Å². The number of hydrogen-bond donors (Lipinski definition) is 0. The number of allylic oxidation sites excluding steroid dienone is 2. The van der Waals surface area contributed by atoms with E-state index in [0.717, 1.165) is 25.6 Å². The molecule has 0 bridgehead atoms. The van der Waals surface area contributed by atoms with Crippen LogP contribution in [-0.2, 0) is 0 Å². The van der Waals surface area contributed by atoms with E-state index in [9.17, 15) is 26.3 Å². The second-order valence-corrected chi connectivity index (χ2v) is 8.39. The fourth-order valence-electron chi connectivity index (χ4n) is 3.30. The number of halogens is 6. The van der Waals surface area contributed by atoms with Crippen molar-refractivity contribution >= 4 is 33.8 Å². The molecule has 2 heterocycles. The first-order valence-corrected chi connectivity index (χ1v) is 10.4. The van der Waals surface area contributed by atoms with Crippen LogP contribution in [0.3, 0.4) is 0 Å². The van der Waals surface area contributed by atoms with Gasteiger partial charge in [0.2, 0.25) is 5.06 Å². The summed E-state index contributed by atoms with van der Waals surface area (Å²) in [6.45, 7) is 0. The highest BCUT2D eigenvalue weighted by Gasteiger charge is 2.81. The highest BCUT2D eigenvalue weighted by Crippen LogP contribution is 2.66. The highest BCUT2D eigenvalue weighted by atomic mass is 32.1. The van der Waals surface area contributed by atoms with Crippen molar-refractivity contribution in [2.45, 2.75) is 17.8 Å². The van der Waals surface area contributed by atoms with Crippen molar-refractivity contribution < 1.29 is 35.8 Å². The number of thiophene rings is 1. The summed E-state index contributed by atoms with van der Waals surface area (Å²) < 4.78 is 98.5. The quantitative estimate of drug-likeness (QED) is 0.383. The first kappa shape index (κ1) is 21.7. The van der Waals surface area contributed by atoms with E-state index in [1.807, 2.05) is 0 Å². The second-order valence-electron chi connectivity index (χ2n) is 6.52. The zero-order chi connectivity index (χ0) is 22.6. The summed E-state index contributed by atoms with van der Waals surface area (Å²) in [7, 11) is 2.26. The number of hydrogen-bond acceptors (Lipinski definition) is 5. The lowest BCUT2D eigenvalue weighted by atomic mass is 10.0. The molecule has 4 rings (SSSR count). The van der Waals surface area contributed by atoms with E-state index in [0.29, 0.717) is 16.9 Å². The van der Waals surface area contributed by atoms with Gasteiger partial charge in [-0.3, -0.25) is 0 Å². The Morgan fingerprint density at radius 2 is 1.48 bits per heavy atom. The lowest BCUT2D eigenvalue weighted by molar-refractivity contribution is -0.254. The van der Waals surface area contributed by atoms with Crippen LogP contribution < -0.4 is 9.47 Å². The zero-order valence-electron chi connectivity index (χ0n) is 15.9. The van der Waals surface area contributed by atoms with Gasteiger partial charge in [-0.25, -0.2) is 4.98 Å². The molecule has 0 unspecified atom stereocenters. The molecule has 0 spiro atoms. The molecule has 0 saturated heterocycles. The zero-order valence-corrected chi connectivity index (χ0v) is 17.5. The third-order valence-electron chi connectivity index (χ3n) is 4.78.